The van der Waals surface area contributed by atoms with Crippen LogP contribution in [0, 0.1) is 13.8 Å². The minimum Gasteiger partial charge on any atom is -0.387 e. The lowest BCUT2D eigenvalue weighted by Crippen LogP contribution is -2.03. The highest BCUT2D eigenvalue weighted by Gasteiger charge is 2.11. The Morgan fingerprint density at radius 2 is 2.27 bits per heavy atom. The molecule has 0 aliphatic heterocycles. The number of aryl methyl sites for hydroxylation is 2. The fourth-order valence-electron chi connectivity index (χ4n) is 1.67. The van der Waals surface area contributed by atoms with Crippen LogP contribution >= 0.6 is 0 Å². The van der Waals surface area contributed by atoms with Crippen LogP contribution < -0.4 is 0 Å². The third kappa shape index (κ3) is 3.48. The average molecular weight is 205 g/mol. The highest BCUT2D eigenvalue weighted by Crippen LogP contribution is 2.20. The lowest BCUT2D eigenvalue weighted by atomic mass is 10.0. The van der Waals surface area contributed by atoms with Crippen LogP contribution in [-0.2, 0) is 0 Å². The van der Waals surface area contributed by atoms with Crippen LogP contribution in [0.25, 0.3) is 0 Å². The predicted molar refractivity (Wildman–Crippen MR) is 62.7 cm³/mol. The smallest absolute Gasteiger partial charge is 0.0962 e. The summed E-state index contributed by atoms with van der Waals surface area (Å²) in [7, 11) is 0. The van der Waals surface area contributed by atoms with Gasteiger partial charge in [-0.3, -0.25) is 4.98 Å². The Kier molecular flexibility index (Phi) is 4.50. The van der Waals surface area contributed by atoms with Gasteiger partial charge in [0.1, 0.15) is 0 Å². The van der Waals surface area contributed by atoms with Gasteiger partial charge < -0.3 is 5.11 Å². The molecule has 0 aliphatic carbocycles. The fraction of sp³-hybridized carbons (Fsp3) is 0.462. The lowest BCUT2D eigenvalue weighted by molar-refractivity contribution is 0.159. The number of unbranched alkanes of at least 4 members (excludes halogenated alkanes) is 1. The molecule has 1 heterocycles. The topological polar surface area (TPSA) is 33.1 Å². The molecule has 0 saturated carbocycles. The number of pyridine rings is 1. The second-order valence-corrected chi connectivity index (χ2v) is 3.95. The summed E-state index contributed by atoms with van der Waals surface area (Å²) in [5.74, 6) is 0. The van der Waals surface area contributed by atoms with Crippen molar-refractivity contribution < 1.29 is 5.11 Å². The molecule has 1 N–H and O–H groups in total. The molecule has 0 amide bonds. The zero-order valence-corrected chi connectivity index (χ0v) is 9.53. The number of rotatable bonds is 5. The van der Waals surface area contributed by atoms with E-state index in [9.17, 15) is 5.11 Å². The van der Waals surface area contributed by atoms with Crippen molar-refractivity contribution in [2.45, 2.75) is 39.2 Å². The van der Waals surface area contributed by atoms with Crippen molar-refractivity contribution in [3.63, 3.8) is 0 Å². The van der Waals surface area contributed by atoms with E-state index in [0.717, 1.165) is 36.1 Å². The summed E-state index contributed by atoms with van der Waals surface area (Å²) in [6, 6.07) is 2.05. The van der Waals surface area contributed by atoms with Crippen molar-refractivity contribution in [1.82, 2.24) is 4.98 Å². The number of hydrogen-bond acceptors (Lipinski definition) is 2. The maximum absolute atomic E-state index is 9.92. The standard InChI is InChI=1S/C13H19NO/c1-4-5-6-7-12(15)13-11(3)8-10(2)9-14-13/h4,8-9,12,15H,1,5-7H2,2-3H3. The Morgan fingerprint density at radius 1 is 1.53 bits per heavy atom. The van der Waals surface area contributed by atoms with E-state index in [1.807, 2.05) is 19.9 Å². The molecule has 0 saturated heterocycles. The molecule has 0 spiro atoms. The van der Waals surface area contributed by atoms with E-state index < -0.39 is 6.10 Å². The van der Waals surface area contributed by atoms with Gasteiger partial charge in [-0.2, -0.15) is 0 Å². The van der Waals surface area contributed by atoms with Crippen LogP contribution in [-0.4, -0.2) is 10.1 Å². The van der Waals surface area contributed by atoms with E-state index in [2.05, 4.69) is 17.6 Å². The van der Waals surface area contributed by atoms with Crippen molar-refractivity contribution in [3.05, 3.63) is 41.7 Å². The number of hydrogen-bond donors (Lipinski definition) is 1. The van der Waals surface area contributed by atoms with E-state index in [-0.39, 0.29) is 0 Å². The first-order chi connectivity index (χ1) is 7.15. The SMILES string of the molecule is C=CCCCC(O)c1ncc(C)cc1C. The van der Waals surface area contributed by atoms with E-state index in [0.29, 0.717) is 0 Å². The van der Waals surface area contributed by atoms with Gasteiger partial charge in [0, 0.05) is 6.20 Å². The van der Waals surface area contributed by atoms with Crippen LogP contribution in [0.4, 0.5) is 0 Å². The number of nitrogens with zero attached hydrogens (tertiary/aromatic N) is 1. The largest absolute Gasteiger partial charge is 0.387 e. The van der Waals surface area contributed by atoms with E-state index in [4.69, 9.17) is 0 Å². The van der Waals surface area contributed by atoms with Gasteiger partial charge in [0.15, 0.2) is 0 Å². The van der Waals surface area contributed by atoms with Gasteiger partial charge in [-0.1, -0.05) is 12.1 Å². The molecule has 2 heteroatoms. The highest BCUT2D eigenvalue weighted by atomic mass is 16.3. The van der Waals surface area contributed by atoms with Gasteiger partial charge in [0.2, 0.25) is 0 Å². The summed E-state index contributed by atoms with van der Waals surface area (Å²) in [5, 5.41) is 9.92. The maximum Gasteiger partial charge on any atom is 0.0962 e. The zero-order valence-electron chi connectivity index (χ0n) is 9.53. The summed E-state index contributed by atoms with van der Waals surface area (Å²) in [6.07, 6.45) is 5.90. The second kappa shape index (κ2) is 5.66. The van der Waals surface area contributed by atoms with E-state index >= 15 is 0 Å². The summed E-state index contributed by atoms with van der Waals surface area (Å²) < 4.78 is 0. The first-order valence-electron chi connectivity index (χ1n) is 5.37. The zero-order chi connectivity index (χ0) is 11.3. The Hall–Kier alpha value is -1.15. The molecule has 1 rings (SSSR count). The Labute approximate surface area is 91.7 Å². The molecule has 1 aromatic heterocycles. The molecule has 0 aromatic carbocycles. The number of allylic oxidation sites excluding steroid dienone is 1. The molecule has 0 radical (unpaired) electrons. The van der Waals surface area contributed by atoms with Crippen molar-refractivity contribution in [3.8, 4) is 0 Å². The predicted octanol–water partition coefficient (Wildman–Crippen LogP) is 3.09. The molecule has 0 fully saturated rings. The minimum atomic E-state index is -0.439. The molecule has 0 bridgehead atoms. The summed E-state index contributed by atoms with van der Waals surface area (Å²) in [4.78, 5) is 4.28. The van der Waals surface area contributed by atoms with Gasteiger partial charge in [0.05, 0.1) is 11.8 Å². The third-order valence-corrected chi connectivity index (χ3v) is 2.46. The molecule has 15 heavy (non-hydrogen) atoms. The van der Waals surface area contributed by atoms with Crippen LogP contribution in [0.5, 0.6) is 0 Å². The number of aliphatic hydroxyl groups excluding tert-OH is 1. The quantitative estimate of drug-likeness (QED) is 0.592. The maximum atomic E-state index is 9.92. The van der Waals surface area contributed by atoms with Gasteiger partial charge in [-0.05, 0) is 44.2 Å². The van der Waals surface area contributed by atoms with Crippen LogP contribution in [0.1, 0.15) is 42.2 Å². The van der Waals surface area contributed by atoms with Gasteiger partial charge in [-0.15, -0.1) is 6.58 Å². The van der Waals surface area contributed by atoms with Crippen LogP contribution in [0.15, 0.2) is 24.9 Å². The van der Waals surface area contributed by atoms with Crippen LogP contribution in [0.3, 0.4) is 0 Å². The molecule has 2 nitrogen and oxygen atoms in total. The van der Waals surface area contributed by atoms with E-state index in [1.165, 1.54) is 0 Å². The summed E-state index contributed by atoms with van der Waals surface area (Å²) >= 11 is 0. The van der Waals surface area contributed by atoms with E-state index in [1.54, 1.807) is 6.20 Å². The third-order valence-electron chi connectivity index (χ3n) is 2.46. The van der Waals surface area contributed by atoms with Gasteiger partial charge >= 0.3 is 0 Å². The molecule has 0 aliphatic rings. The Morgan fingerprint density at radius 3 is 2.87 bits per heavy atom. The first-order valence-corrected chi connectivity index (χ1v) is 5.37. The van der Waals surface area contributed by atoms with Gasteiger partial charge in [-0.25, -0.2) is 0 Å². The lowest BCUT2D eigenvalue weighted by Gasteiger charge is -2.12. The number of aliphatic hydroxyl groups is 1. The molecular weight excluding hydrogens is 186 g/mol. The summed E-state index contributed by atoms with van der Waals surface area (Å²) in [6.45, 7) is 7.66. The molecule has 82 valence electrons. The van der Waals surface area contributed by atoms with Crippen molar-refractivity contribution in [2.75, 3.05) is 0 Å². The molecule has 1 atom stereocenters. The van der Waals surface area contributed by atoms with Gasteiger partial charge in [0.25, 0.3) is 0 Å². The normalized spacial score (nSPS) is 12.5. The molecular formula is C13H19NO. The Bertz CT molecular complexity index is 333. The monoisotopic (exact) mass is 205 g/mol. The highest BCUT2D eigenvalue weighted by molar-refractivity contribution is 5.24. The molecule has 1 unspecified atom stereocenters. The fourth-order valence-corrected chi connectivity index (χ4v) is 1.67. The van der Waals surface area contributed by atoms with Crippen LogP contribution in [0.2, 0.25) is 0 Å². The summed E-state index contributed by atoms with van der Waals surface area (Å²) in [5.41, 5.74) is 3.01. The average Bonchev–Trinajstić information content (AvgIpc) is 2.17. The second-order valence-electron chi connectivity index (χ2n) is 3.95. The minimum absolute atomic E-state index is 0.439. The first kappa shape index (κ1) is 11.9. The Balaban J connectivity index is 2.64. The van der Waals surface area contributed by atoms with Crippen molar-refractivity contribution in [2.24, 2.45) is 0 Å². The van der Waals surface area contributed by atoms with Crippen molar-refractivity contribution in [1.29, 1.82) is 0 Å². The molecule has 1 aromatic rings. The number of aromatic nitrogens is 1. The van der Waals surface area contributed by atoms with Crippen molar-refractivity contribution >= 4 is 0 Å².